The van der Waals surface area contributed by atoms with Crippen LogP contribution >= 0.6 is 11.6 Å². The summed E-state index contributed by atoms with van der Waals surface area (Å²) in [5.41, 5.74) is 3.91. The molecule has 2 aromatic heterocycles. The van der Waals surface area contributed by atoms with Crippen molar-refractivity contribution in [2.24, 2.45) is 0 Å². The Morgan fingerprint density at radius 1 is 1.10 bits per heavy atom. The Morgan fingerprint density at radius 3 is 2.48 bits per heavy atom. The minimum atomic E-state index is -0.265. The Balaban J connectivity index is 1.52. The first kappa shape index (κ1) is 19.4. The first-order valence-corrected chi connectivity index (χ1v) is 10.7. The maximum atomic E-state index is 13.1. The van der Waals surface area contributed by atoms with E-state index in [-0.39, 0.29) is 11.5 Å². The molecule has 0 unspecified atom stereocenters. The molecule has 1 aliphatic carbocycles. The number of benzene rings is 2. The molecule has 5 rings (SSSR count). The summed E-state index contributed by atoms with van der Waals surface area (Å²) in [4.78, 5) is 16.3. The van der Waals surface area contributed by atoms with E-state index in [1.807, 2.05) is 12.1 Å². The fraction of sp³-hybridized carbons (Fsp3) is 0.240. The Hall–Kier alpha value is -3.54. The predicted octanol–water partition coefficient (Wildman–Crippen LogP) is 5.12. The number of hydrogen-bond donors (Lipinski definition) is 1. The molecule has 31 heavy (non-hydrogen) atoms. The molecule has 152 valence electrons. The fourth-order valence-corrected chi connectivity index (χ4v) is 4.82. The number of nitriles is 1. The van der Waals surface area contributed by atoms with E-state index in [1.165, 1.54) is 10.1 Å². The van der Waals surface area contributed by atoms with Crippen LogP contribution in [0, 0.1) is 23.7 Å². The monoisotopic (exact) mass is 426 g/mol. The first-order valence-electron chi connectivity index (χ1n) is 10.3. The Labute approximate surface area is 184 Å². The smallest absolute Gasteiger partial charge is 0.282 e. The molecule has 4 aromatic rings. The number of rotatable bonds is 2. The lowest BCUT2D eigenvalue weighted by Crippen LogP contribution is -2.16. The van der Waals surface area contributed by atoms with Crippen molar-refractivity contribution in [3.05, 3.63) is 80.2 Å². The molecule has 1 fully saturated rings. The normalized spacial score (nSPS) is 18.7. The van der Waals surface area contributed by atoms with Crippen molar-refractivity contribution in [2.75, 3.05) is 0 Å². The van der Waals surface area contributed by atoms with Gasteiger partial charge in [0.2, 0.25) is 0 Å². The molecule has 1 N–H and O–H groups in total. The molecule has 5 nitrogen and oxygen atoms in total. The molecule has 2 aromatic carbocycles. The number of nitrogens with one attached hydrogen (secondary N) is 1. The highest BCUT2D eigenvalue weighted by Gasteiger charge is 2.29. The van der Waals surface area contributed by atoms with Crippen molar-refractivity contribution in [2.45, 2.75) is 37.5 Å². The van der Waals surface area contributed by atoms with Gasteiger partial charge in [0.15, 0.2) is 5.65 Å². The second-order valence-corrected chi connectivity index (χ2v) is 8.50. The molecule has 1 saturated carbocycles. The number of fused-ring (bicyclic) bond motifs is 2. The summed E-state index contributed by atoms with van der Waals surface area (Å²) in [7, 11) is 0. The Kier molecular flexibility index (Phi) is 4.77. The molecular weight excluding hydrogens is 408 g/mol. The molecule has 1 aliphatic rings. The van der Waals surface area contributed by atoms with Crippen LogP contribution in [-0.2, 0) is 0 Å². The van der Waals surface area contributed by atoms with E-state index >= 15 is 0 Å². The molecule has 0 bridgehead atoms. The molecule has 0 saturated heterocycles. The SMILES string of the molecule is C#Cc1ccc2[nH]c3c(C#N)c(C4CCC(c5ccc(Cl)cc5)CC4)nn3c(=O)c2c1. The fourth-order valence-electron chi connectivity index (χ4n) is 4.69. The van der Waals surface area contributed by atoms with Crippen LogP contribution < -0.4 is 5.56 Å². The first-order chi connectivity index (χ1) is 15.1. The second kappa shape index (κ2) is 7.61. The summed E-state index contributed by atoms with van der Waals surface area (Å²) in [6.45, 7) is 0. The predicted molar refractivity (Wildman–Crippen MR) is 121 cm³/mol. The summed E-state index contributed by atoms with van der Waals surface area (Å²) < 4.78 is 1.32. The molecule has 6 heteroatoms. The maximum absolute atomic E-state index is 13.1. The van der Waals surface area contributed by atoms with Gasteiger partial charge in [0.25, 0.3) is 5.56 Å². The third kappa shape index (κ3) is 3.28. The lowest BCUT2D eigenvalue weighted by atomic mass is 9.77. The van der Waals surface area contributed by atoms with Gasteiger partial charge in [-0.05, 0) is 67.5 Å². The largest absolute Gasteiger partial charge is 0.338 e. The zero-order chi connectivity index (χ0) is 21.5. The van der Waals surface area contributed by atoms with Gasteiger partial charge >= 0.3 is 0 Å². The average molecular weight is 427 g/mol. The van der Waals surface area contributed by atoms with E-state index in [2.05, 4.69) is 34.2 Å². The highest BCUT2D eigenvalue weighted by molar-refractivity contribution is 6.30. The van der Waals surface area contributed by atoms with Gasteiger partial charge in [0.05, 0.1) is 16.6 Å². The van der Waals surface area contributed by atoms with Crippen LogP contribution in [0.2, 0.25) is 5.02 Å². The van der Waals surface area contributed by atoms with E-state index < -0.39 is 0 Å². The van der Waals surface area contributed by atoms with Crippen LogP contribution in [0.1, 0.15) is 59.9 Å². The zero-order valence-corrected chi connectivity index (χ0v) is 17.5. The Bertz CT molecular complexity index is 1440. The number of halogens is 1. The van der Waals surface area contributed by atoms with Crippen molar-refractivity contribution in [1.29, 1.82) is 5.26 Å². The van der Waals surface area contributed by atoms with Crippen molar-refractivity contribution in [3.63, 3.8) is 0 Å². The van der Waals surface area contributed by atoms with Gasteiger partial charge in [0, 0.05) is 16.5 Å². The van der Waals surface area contributed by atoms with Crippen LogP contribution in [0.3, 0.4) is 0 Å². The molecule has 0 aliphatic heterocycles. The highest BCUT2D eigenvalue weighted by atomic mass is 35.5. The number of aromatic amines is 1. The molecule has 0 amide bonds. The minimum absolute atomic E-state index is 0.148. The topological polar surface area (TPSA) is 73.9 Å². The standard InChI is InChI=1S/C25H19ClN4O/c1-2-15-3-12-22-20(13-15)25(31)30-24(28-22)21(14-27)23(29-30)18-6-4-16(5-7-18)17-8-10-19(26)11-9-17/h1,3,8-13,16,18,28H,4-7H2. The van der Waals surface area contributed by atoms with Gasteiger partial charge in [-0.1, -0.05) is 29.7 Å². The summed E-state index contributed by atoms with van der Waals surface area (Å²) in [6.07, 6.45) is 9.32. The van der Waals surface area contributed by atoms with Crippen LogP contribution in [0.5, 0.6) is 0 Å². The number of hydrogen-bond acceptors (Lipinski definition) is 3. The van der Waals surface area contributed by atoms with Crippen LogP contribution in [0.15, 0.2) is 47.3 Å². The summed E-state index contributed by atoms with van der Waals surface area (Å²) in [5, 5.41) is 15.7. The Morgan fingerprint density at radius 2 is 1.81 bits per heavy atom. The van der Waals surface area contributed by atoms with Gasteiger partial charge in [-0.25, -0.2) is 0 Å². The van der Waals surface area contributed by atoms with Crippen molar-refractivity contribution < 1.29 is 0 Å². The van der Waals surface area contributed by atoms with E-state index in [9.17, 15) is 10.1 Å². The summed E-state index contributed by atoms with van der Waals surface area (Å²) in [5.74, 6) is 3.18. The summed E-state index contributed by atoms with van der Waals surface area (Å²) >= 11 is 6.01. The quantitative estimate of drug-likeness (QED) is 0.452. The van der Waals surface area contributed by atoms with Crippen LogP contribution in [0.25, 0.3) is 16.6 Å². The number of terminal acetylenes is 1. The maximum Gasteiger partial charge on any atom is 0.282 e. The van der Waals surface area contributed by atoms with Gasteiger partial charge in [-0.3, -0.25) is 4.79 Å². The van der Waals surface area contributed by atoms with Gasteiger partial charge in [0.1, 0.15) is 11.6 Å². The van der Waals surface area contributed by atoms with Crippen LogP contribution in [0.4, 0.5) is 0 Å². The second-order valence-electron chi connectivity index (χ2n) is 8.07. The van der Waals surface area contributed by atoms with Gasteiger partial charge in [-0.15, -0.1) is 6.42 Å². The van der Waals surface area contributed by atoms with Gasteiger partial charge < -0.3 is 4.98 Å². The molecule has 0 spiro atoms. The lowest BCUT2D eigenvalue weighted by Gasteiger charge is -2.28. The highest BCUT2D eigenvalue weighted by Crippen LogP contribution is 2.41. The molecular formula is C25H19ClN4O. The average Bonchev–Trinajstić information content (AvgIpc) is 3.18. The molecule has 2 heterocycles. The van der Waals surface area contributed by atoms with Crippen LogP contribution in [-0.4, -0.2) is 14.6 Å². The van der Waals surface area contributed by atoms with E-state index in [0.717, 1.165) is 30.7 Å². The van der Waals surface area contributed by atoms with E-state index in [4.69, 9.17) is 18.0 Å². The number of aromatic nitrogens is 3. The molecule has 0 atom stereocenters. The van der Waals surface area contributed by atoms with Crippen molar-refractivity contribution in [1.82, 2.24) is 14.6 Å². The minimum Gasteiger partial charge on any atom is -0.338 e. The van der Waals surface area contributed by atoms with E-state index in [1.54, 1.807) is 18.2 Å². The zero-order valence-electron chi connectivity index (χ0n) is 16.7. The number of nitrogens with zero attached hydrogens (tertiary/aromatic N) is 3. The van der Waals surface area contributed by atoms with Crippen molar-refractivity contribution in [3.8, 4) is 18.4 Å². The number of H-pyrrole nitrogens is 1. The van der Waals surface area contributed by atoms with Crippen molar-refractivity contribution >= 4 is 28.2 Å². The lowest BCUT2D eigenvalue weighted by molar-refractivity contribution is 0.390. The molecule has 0 radical (unpaired) electrons. The third-order valence-corrected chi connectivity index (χ3v) is 6.59. The summed E-state index contributed by atoms with van der Waals surface area (Å²) in [6, 6.07) is 15.6. The van der Waals surface area contributed by atoms with Gasteiger partial charge in [-0.2, -0.15) is 14.9 Å². The third-order valence-electron chi connectivity index (χ3n) is 6.34. The van der Waals surface area contributed by atoms with E-state index in [0.29, 0.717) is 39.3 Å².